The first kappa shape index (κ1) is 26.5. The van der Waals surface area contributed by atoms with Crippen LogP contribution >= 0.6 is 11.6 Å². The number of anilines is 1. The number of pyridine rings is 1. The second-order valence-electron chi connectivity index (χ2n) is 8.73. The molecule has 0 fully saturated rings. The zero-order valence-electron chi connectivity index (χ0n) is 20.1. The van der Waals surface area contributed by atoms with Gasteiger partial charge in [0.25, 0.3) is 0 Å². The van der Waals surface area contributed by atoms with Gasteiger partial charge in [0, 0.05) is 42.5 Å². The molecule has 186 valence electrons. The Balaban J connectivity index is 1.55. The van der Waals surface area contributed by atoms with Crippen molar-refractivity contribution >= 4 is 23.3 Å². The number of halogens is 1. The van der Waals surface area contributed by atoms with Crippen LogP contribution in [0.1, 0.15) is 42.2 Å². The monoisotopic (exact) mass is 496 g/mol. The maximum atomic E-state index is 13.0. The molecule has 0 unspecified atom stereocenters. The predicted molar refractivity (Wildman–Crippen MR) is 139 cm³/mol. The number of carbonyl (C=O) groups excluding carboxylic acids is 1. The number of aliphatic hydroxyl groups is 1. The van der Waals surface area contributed by atoms with Gasteiger partial charge in [0.05, 0.1) is 12.5 Å². The molecule has 1 heterocycles. The first-order valence-electron chi connectivity index (χ1n) is 11.7. The molecule has 5 N–H and O–H groups in total. The number of nitrogens with one attached hydrogen (secondary N) is 1. The van der Waals surface area contributed by atoms with Gasteiger partial charge in [0.15, 0.2) is 0 Å². The molecule has 0 spiro atoms. The van der Waals surface area contributed by atoms with Crippen molar-refractivity contribution in [3.8, 4) is 5.75 Å². The SMILES string of the molecule is CCN(Cc1cc(O)ccc1Cl)C(=O)Cc1cccc(C[C@@H](C)NC[C@@H](O)c2ccc(N)nc2)c1. The summed E-state index contributed by atoms with van der Waals surface area (Å²) >= 11 is 6.24. The smallest absolute Gasteiger partial charge is 0.227 e. The van der Waals surface area contributed by atoms with Gasteiger partial charge in [0.1, 0.15) is 11.6 Å². The number of aromatic nitrogens is 1. The number of aliphatic hydroxyl groups excluding tert-OH is 1. The Hall–Kier alpha value is -3.13. The van der Waals surface area contributed by atoms with Crippen LogP contribution in [0.3, 0.4) is 0 Å². The van der Waals surface area contributed by atoms with Gasteiger partial charge in [-0.05, 0) is 61.2 Å². The number of hydrogen-bond acceptors (Lipinski definition) is 6. The maximum absolute atomic E-state index is 13.0. The number of nitrogens with two attached hydrogens (primary N) is 1. The minimum atomic E-state index is -0.672. The molecule has 1 aromatic heterocycles. The Bertz CT molecular complexity index is 1120. The summed E-state index contributed by atoms with van der Waals surface area (Å²) in [6.07, 6.45) is 1.95. The highest BCUT2D eigenvalue weighted by Gasteiger charge is 2.16. The highest BCUT2D eigenvalue weighted by molar-refractivity contribution is 6.31. The molecule has 1 amide bonds. The van der Waals surface area contributed by atoms with E-state index < -0.39 is 6.10 Å². The van der Waals surface area contributed by atoms with Crippen molar-refractivity contribution in [1.82, 2.24) is 15.2 Å². The topological polar surface area (TPSA) is 112 Å². The molecule has 3 rings (SSSR count). The quantitative estimate of drug-likeness (QED) is 0.320. The molecule has 2 aromatic carbocycles. The molecular formula is C27H33ClN4O3. The van der Waals surface area contributed by atoms with E-state index in [-0.39, 0.29) is 24.1 Å². The molecule has 0 saturated carbocycles. The van der Waals surface area contributed by atoms with E-state index in [1.165, 1.54) is 6.07 Å². The standard InChI is InChI=1S/C27H33ClN4O3/c1-3-32(17-22-14-23(33)8-9-24(22)28)27(35)13-20-6-4-5-19(12-20)11-18(2)30-16-25(34)21-7-10-26(29)31-15-21/h4-10,12,14-15,18,25,30,33-34H,3,11,13,16-17H2,1-2H3,(H2,29,31)/t18-,25-/m1/s1. The van der Waals surface area contributed by atoms with E-state index in [1.54, 1.807) is 35.4 Å². The zero-order valence-corrected chi connectivity index (χ0v) is 20.9. The molecule has 2 atom stereocenters. The van der Waals surface area contributed by atoms with Crippen LogP contribution in [-0.4, -0.2) is 45.1 Å². The third kappa shape index (κ3) is 7.96. The normalized spacial score (nSPS) is 12.8. The Morgan fingerprint density at radius 1 is 1.17 bits per heavy atom. The lowest BCUT2D eigenvalue weighted by Gasteiger charge is -2.22. The number of aromatic hydroxyl groups is 1. The van der Waals surface area contributed by atoms with Crippen molar-refractivity contribution < 1.29 is 15.0 Å². The van der Waals surface area contributed by atoms with Crippen molar-refractivity contribution in [2.45, 2.75) is 45.4 Å². The second kappa shape index (κ2) is 12.5. The molecule has 35 heavy (non-hydrogen) atoms. The van der Waals surface area contributed by atoms with Gasteiger partial charge in [-0.15, -0.1) is 0 Å². The van der Waals surface area contributed by atoms with E-state index >= 15 is 0 Å². The highest BCUT2D eigenvalue weighted by atomic mass is 35.5. The predicted octanol–water partition coefficient (Wildman–Crippen LogP) is 3.87. The van der Waals surface area contributed by atoms with Gasteiger partial charge < -0.3 is 26.2 Å². The number of carbonyl (C=O) groups is 1. The average Bonchev–Trinajstić information content (AvgIpc) is 2.83. The van der Waals surface area contributed by atoms with Crippen LogP contribution in [0.4, 0.5) is 5.82 Å². The Labute approximate surface area is 211 Å². The maximum Gasteiger partial charge on any atom is 0.227 e. The van der Waals surface area contributed by atoms with Crippen LogP contribution in [0.5, 0.6) is 5.75 Å². The Kier molecular flexibility index (Phi) is 9.48. The van der Waals surface area contributed by atoms with Crippen molar-refractivity contribution in [2.75, 3.05) is 18.8 Å². The second-order valence-corrected chi connectivity index (χ2v) is 9.13. The van der Waals surface area contributed by atoms with Gasteiger partial charge in [-0.1, -0.05) is 41.9 Å². The number of hydrogen-bond donors (Lipinski definition) is 4. The lowest BCUT2D eigenvalue weighted by Crippen LogP contribution is -2.32. The van der Waals surface area contributed by atoms with E-state index in [9.17, 15) is 15.0 Å². The number of rotatable bonds is 11. The number of phenolic OH excluding ortho intramolecular Hbond substituents is 1. The summed E-state index contributed by atoms with van der Waals surface area (Å²) in [7, 11) is 0. The number of amides is 1. The van der Waals surface area contributed by atoms with Crippen LogP contribution in [0, 0.1) is 0 Å². The van der Waals surface area contributed by atoms with Crippen LogP contribution < -0.4 is 11.1 Å². The highest BCUT2D eigenvalue weighted by Crippen LogP contribution is 2.23. The van der Waals surface area contributed by atoms with Crippen molar-refractivity contribution in [3.05, 3.63) is 88.1 Å². The number of likely N-dealkylation sites (N-methyl/N-ethyl adjacent to an activating group) is 1. The molecule has 0 aliphatic heterocycles. The zero-order chi connectivity index (χ0) is 25.4. The summed E-state index contributed by atoms with van der Waals surface area (Å²) in [4.78, 5) is 18.7. The third-order valence-corrected chi connectivity index (χ3v) is 6.24. The molecule has 0 saturated heterocycles. The van der Waals surface area contributed by atoms with Gasteiger partial charge in [0.2, 0.25) is 5.91 Å². The third-order valence-electron chi connectivity index (χ3n) is 5.87. The van der Waals surface area contributed by atoms with Crippen molar-refractivity contribution in [3.63, 3.8) is 0 Å². The van der Waals surface area contributed by atoms with Crippen molar-refractivity contribution in [1.29, 1.82) is 0 Å². The summed E-state index contributed by atoms with van der Waals surface area (Å²) in [6, 6.07) is 16.3. The fourth-order valence-corrected chi connectivity index (χ4v) is 4.06. The van der Waals surface area contributed by atoms with Crippen molar-refractivity contribution in [2.24, 2.45) is 0 Å². The molecule has 7 nitrogen and oxygen atoms in total. The molecular weight excluding hydrogens is 464 g/mol. The summed E-state index contributed by atoms with van der Waals surface area (Å²) in [5.74, 6) is 0.544. The average molecular weight is 497 g/mol. The van der Waals surface area contributed by atoms with Gasteiger partial charge >= 0.3 is 0 Å². The number of nitrogen functional groups attached to an aromatic ring is 1. The van der Waals surface area contributed by atoms with Crippen LogP contribution in [0.15, 0.2) is 60.8 Å². The van der Waals surface area contributed by atoms with E-state index in [0.29, 0.717) is 41.6 Å². The van der Waals surface area contributed by atoms with Gasteiger partial charge in [-0.2, -0.15) is 0 Å². The Morgan fingerprint density at radius 2 is 1.94 bits per heavy atom. The van der Waals surface area contributed by atoms with Crippen LogP contribution in [-0.2, 0) is 24.2 Å². The number of nitrogens with zero attached hydrogens (tertiary/aromatic N) is 2. The molecule has 0 radical (unpaired) electrons. The molecule has 3 aromatic rings. The largest absolute Gasteiger partial charge is 0.508 e. The van der Waals surface area contributed by atoms with E-state index in [0.717, 1.165) is 17.5 Å². The van der Waals surface area contributed by atoms with E-state index in [1.807, 2.05) is 31.2 Å². The fraction of sp³-hybridized carbons (Fsp3) is 0.333. The van der Waals surface area contributed by atoms with Crippen LogP contribution in [0.2, 0.25) is 5.02 Å². The summed E-state index contributed by atoms with van der Waals surface area (Å²) < 4.78 is 0. The summed E-state index contributed by atoms with van der Waals surface area (Å²) in [5, 5.41) is 24.0. The minimum absolute atomic E-state index is 0.00420. The lowest BCUT2D eigenvalue weighted by molar-refractivity contribution is -0.130. The Morgan fingerprint density at radius 3 is 2.66 bits per heavy atom. The van der Waals surface area contributed by atoms with E-state index in [4.69, 9.17) is 17.3 Å². The molecule has 0 aliphatic rings. The first-order valence-corrected chi connectivity index (χ1v) is 12.1. The molecule has 0 aliphatic carbocycles. The fourth-order valence-electron chi connectivity index (χ4n) is 3.89. The summed E-state index contributed by atoms with van der Waals surface area (Å²) in [6.45, 7) is 5.26. The lowest BCUT2D eigenvalue weighted by atomic mass is 10.0. The number of phenols is 1. The van der Waals surface area contributed by atoms with Gasteiger partial charge in [-0.25, -0.2) is 4.98 Å². The van der Waals surface area contributed by atoms with Crippen LogP contribution in [0.25, 0.3) is 0 Å². The number of benzene rings is 2. The molecule has 8 heteroatoms. The minimum Gasteiger partial charge on any atom is -0.508 e. The first-order chi connectivity index (χ1) is 16.7. The van der Waals surface area contributed by atoms with E-state index in [2.05, 4.69) is 17.2 Å². The van der Waals surface area contributed by atoms with Gasteiger partial charge in [-0.3, -0.25) is 4.79 Å². The summed E-state index contributed by atoms with van der Waals surface area (Å²) in [5.41, 5.74) is 9.08. The molecule has 0 bridgehead atoms.